The van der Waals surface area contributed by atoms with Gasteiger partial charge in [-0.2, -0.15) is 0 Å². The molecule has 2 aromatic carbocycles. The first-order valence-electron chi connectivity index (χ1n) is 8.92. The molecule has 0 aliphatic heterocycles. The molecule has 0 saturated heterocycles. The molecule has 0 radical (unpaired) electrons. The molecule has 0 bridgehead atoms. The number of allylic oxidation sites excluding steroid dienone is 2. The van der Waals surface area contributed by atoms with E-state index in [1.807, 2.05) is 31.2 Å². The molecule has 2 aromatic rings. The highest BCUT2D eigenvalue weighted by atomic mass is 16.5. The van der Waals surface area contributed by atoms with Gasteiger partial charge in [0, 0.05) is 11.3 Å². The molecule has 0 unspecified atom stereocenters. The number of ether oxygens (including phenoxy) is 1. The molecule has 0 spiro atoms. The molecule has 1 aliphatic carbocycles. The molecule has 1 aliphatic rings. The number of rotatable bonds is 4. The van der Waals surface area contributed by atoms with E-state index in [0.717, 1.165) is 5.56 Å². The summed E-state index contributed by atoms with van der Waals surface area (Å²) in [6, 6.07) is 16.2. The largest absolute Gasteiger partial charge is 0.423 e. The molecule has 0 heterocycles. The van der Waals surface area contributed by atoms with Gasteiger partial charge in [-0.05, 0) is 49.1 Å². The summed E-state index contributed by atoms with van der Waals surface area (Å²) < 4.78 is 5.46. The number of para-hydroxylation sites is 1. The topological polar surface area (TPSA) is 55.4 Å². The third-order valence-electron chi connectivity index (χ3n) is 4.41. The lowest BCUT2D eigenvalue weighted by Crippen LogP contribution is -2.31. The SMILES string of the molecule is Cc1ccc(C(=O)NC2=C(C(=O)Oc3ccccc3)C=CC(C)(C)C2)cc1. The lowest BCUT2D eigenvalue weighted by molar-refractivity contribution is -0.129. The Hall–Kier alpha value is -3.14. The first-order valence-corrected chi connectivity index (χ1v) is 8.92. The molecular formula is C23H23NO3. The number of esters is 1. The van der Waals surface area contributed by atoms with E-state index in [2.05, 4.69) is 19.2 Å². The minimum Gasteiger partial charge on any atom is -0.423 e. The zero-order valence-corrected chi connectivity index (χ0v) is 15.8. The molecular weight excluding hydrogens is 338 g/mol. The van der Waals surface area contributed by atoms with E-state index in [1.165, 1.54) is 0 Å². The molecule has 27 heavy (non-hydrogen) atoms. The Labute approximate surface area is 159 Å². The quantitative estimate of drug-likeness (QED) is 0.641. The molecule has 1 amide bonds. The van der Waals surface area contributed by atoms with E-state index in [0.29, 0.717) is 29.0 Å². The highest BCUT2D eigenvalue weighted by molar-refractivity contribution is 5.99. The monoisotopic (exact) mass is 361 g/mol. The van der Waals surface area contributed by atoms with Gasteiger partial charge in [0.1, 0.15) is 5.75 Å². The van der Waals surface area contributed by atoms with Gasteiger partial charge < -0.3 is 10.1 Å². The summed E-state index contributed by atoms with van der Waals surface area (Å²) in [7, 11) is 0. The van der Waals surface area contributed by atoms with Crippen LogP contribution in [0.15, 0.2) is 78.0 Å². The predicted molar refractivity (Wildman–Crippen MR) is 105 cm³/mol. The zero-order chi connectivity index (χ0) is 19.4. The van der Waals surface area contributed by atoms with E-state index in [9.17, 15) is 9.59 Å². The maximum absolute atomic E-state index is 12.7. The van der Waals surface area contributed by atoms with E-state index in [-0.39, 0.29) is 11.3 Å². The summed E-state index contributed by atoms with van der Waals surface area (Å²) in [4.78, 5) is 25.3. The molecule has 1 N–H and O–H groups in total. The van der Waals surface area contributed by atoms with Crippen LogP contribution in [0.25, 0.3) is 0 Å². The van der Waals surface area contributed by atoms with E-state index in [4.69, 9.17) is 4.74 Å². The molecule has 0 atom stereocenters. The fraction of sp³-hybridized carbons (Fsp3) is 0.217. The van der Waals surface area contributed by atoms with Gasteiger partial charge in [0.05, 0.1) is 5.57 Å². The predicted octanol–water partition coefficient (Wildman–Crippen LogP) is 4.57. The van der Waals surface area contributed by atoms with Crippen LogP contribution in [0.5, 0.6) is 5.75 Å². The Morgan fingerprint density at radius 3 is 2.33 bits per heavy atom. The summed E-state index contributed by atoms with van der Waals surface area (Å²) >= 11 is 0. The van der Waals surface area contributed by atoms with Crippen molar-refractivity contribution in [3.05, 3.63) is 89.1 Å². The van der Waals surface area contributed by atoms with Crippen molar-refractivity contribution in [1.82, 2.24) is 5.32 Å². The zero-order valence-electron chi connectivity index (χ0n) is 15.8. The van der Waals surface area contributed by atoms with Crippen LogP contribution in [0.3, 0.4) is 0 Å². The minimum atomic E-state index is -0.479. The molecule has 0 saturated carbocycles. The number of hydrogen-bond donors (Lipinski definition) is 1. The highest BCUT2D eigenvalue weighted by Crippen LogP contribution is 2.33. The number of aryl methyl sites for hydroxylation is 1. The fourth-order valence-corrected chi connectivity index (χ4v) is 2.89. The number of nitrogens with one attached hydrogen (secondary N) is 1. The standard InChI is InChI=1S/C23H23NO3/c1-16-9-11-17(12-10-16)21(25)24-20-15-23(2,3)14-13-19(20)22(26)27-18-7-5-4-6-8-18/h4-14H,15H2,1-3H3,(H,24,25). The van der Waals surface area contributed by atoms with Crippen molar-refractivity contribution in [3.63, 3.8) is 0 Å². The van der Waals surface area contributed by atoms with E-state index < -0.39 is 5.97 Å². The number of amides is 1. The second kappa shape index (κ2) is 7.62. The van der Waals surface area contributed by atoms with Crippen LogP contribution >= 0.6 is 0 Å². The van der Waals surface area contributed by atoms with Gasteiger partial charge in [0.15, 0.2) is 0 Å². The molecule has 4 heteroatoms. The molecule has 0 fully saturated rings. The maximum Gasteiger partial charge on any atom is 0.345 e. The average Bonchev–Trinajstić information content (AvgIpc) is 2.62. The third-order valence-corrected chi connectivity index (χ3v) is 4.41. The Morgan fingerprint density at radius 2 is 1.67 bits per heavy atom. The first kappa shape index (κ1) is 18.6. The summed E-state index contributed by atoms with van der Waals surface area (Å²) in [6.45, 7) is 6.08. The van der Waals surface area contributed by atoms with Crippen LogP contribution in [-0.4, -0.2) is 11.9 Å². The van der Waals surface area contributed by atoms with E-state index in [1.54, 1.807) is 42.5 Å². The van der Waals surface area contributed by atoms with Crippen molar-refractivity contribution in [2.24, 2.45) is 5.41 Å². The number of hydrogen-bond acceptors (Lipinski definition) is 3. The number of carbonyl (C=O) groups excluding carboxylic acids is 2. The molecule has 138 valence electrons. The number of benzene rings is 2. The molecule has 4 nitrogen and oxygen atoms in total. The number of carbonyl (C=O) groups is 2. The smallest absolute Gasteiger partial charge is 0.345 e. The van der Waals surface area contributed by atoms with Crippen molar-refractivity contribution in [3.8, 4) is 5.75 Å². The summed E-state index contributed by atoms with van der Waals surface area (Å²) in [5.41, 5.74) is 2.43. The molecule has 0 aromatic heterocycles. The lowest BCUT2D eigenvalue weighted by Gasteiger charge is -2.27. The third kappa shape index (κ3) is 4.73. The second-order valence-electron chi connectivity index (χ2n) is 7.41. The van der Waals surface area contributed by atoms with Gasteiger partial charge in [0.25, 0.3) is 5.91 Å². The van der Waals surface area contributed by atoms with Crippen molar-refractivity contribution in [2.75, 3.05) is 0 Å². The van der Waals surface area contributed by atoms with Crippen LogP contribution in [0.1, 0.15) is 36.2 Å². The van der Waals surface area contributed by atoms with Crippen molar-refractivity contribution in [2.45, 2.75) is 27.2 Å². The summed E-state index contributed by atoms with van der Waals surface area (Å²) in [5.74, 6) is -0.245. The Balaban J connectivity index is 1.86. The summed E-state index contributed by atoms with van der Waals surface area (Å²) in [5, 5.41) is 2.92. The van der Waals surface area contributed by atoms with Crippen molar-refractivity contribution < 1.29 is 14.3 Å². The van der Waals surface area contributed by atoms with Crippen molar-refractivity contribution in [1.29, 1.82) is 0 Å². The Morgan fingerprint density at radius 1 is 1.00 bits per heavy atom. The van der Waals surface area contributed by atoms with Gasteiger partial charge in [-0.25, -0.2) is 4.79 Å². The maximum atomic E-state index is 12.7. The van der Waals surface area contributed by atoms with Crippen LogP contribution in [-0.2, 0) is 4.79 Å². The lowest BCUT2D eigenvalue weighted by atomic mass is 9.82. The van der Waals surface area contributed by atoms with Crippen LogP contribution in [0, 0.1) is 12.3 Å². The highest BCUT2D eigenvalue weighted by Gasteiger charge is 2.28. The second-order valence-corrected chi connectivity index (χ2v) is 7.41. The Kier molecular flexibility index (Phi) is 5.26. The van der Waals surface area contributed by atoms with Gasteiger partial charge in [-0.1, -0.05) is 55.8 Å². The average molecular weight is 361 g/mol. The van der Waals surface area contributed by atoms with Crippen LogP contribution in [0.4, 0.5) is 0 Å². The van der Waals surface area contributed by atoms with E-state index >= 15 is 0 Å². The van der Waals surface area contributed by atoms with Gasteiger partial charge in [-0.3, -0.25) is 4.79 Å². The molecule has 3 rings (SSSR count). The first-order chi connectivity index (χ1) is 12.8. The fourth-order valence-electron chi connectivity index (χ4n) is 2.89. The van der Waals surface area contributed by atoms with Gasteiger partial charge in [0.2, 0.25) is 0 Å². The van der Waals surface area contributed by atoms with Gasteiger partial charge >= 0.3 is 5.97 Å². The Bertz CT molecular complexity index is 906. The van der Waals surface area contributed by atoms with Gasteiger partial charge in [-0.15, -0.1) is 0 Å². The van der Waals surface area contributed by atoms with Crippen molar-refractivity contribution >= 4 is 11.9 Å². The van der Waals surface area contributed by atoms with Crippen LogP contribution in [0.2, 0.25) is 0 Å². The summed E-state index contributed by atoms with van der Waals surface area (Å²) in [6.07, 6.45) is 4.25. The minimum absolute atomic E-state index is 0.160. The normalized spacial score (nSPS) is 15.4. The van der Waals surface area contributed by atoms with Crippen LogP contribution < -0.4 is 10.1 Å².